The Morgan fingerprint density at radius 2 is 1.73 bits per heavy atom. The molecule has 0 spiro atoms. The van der Waals surface area contributed by atoms with Crippen molar-refractivity contribution < 1.29 is 43.8 Å². The van der Waals surface area contributed by atoms with Crippen molar-refractivity contribution in [3.8, 4) is 11.5 Å². The minimum atomic E-state index is -1.89. The van der Waals surface area contributed by atoms with Crippen LogP contribution in [0.15, 0.2) is 53.6 Å². The number of anilines is 2. The number of ether oxygens (including phenoxy) is 3. The average Bonchev–Trinajstić information content (AvgIpc) is 3.12. The quantitative estimate of drug-likeness (QED) is 0.189. The summed E-state index contributed by atoms with van der Waals surface area (Å²) in [6.07, 6.45) is -4.36. The van der Waals surface area contributed by atoms with Crippen LogP contribution in [0.25, 0.3) is 21.8 Å². The highest BCUT2D eigenvalue weighted by molar-refractivity contribution is 5.95. The first kappa shape index (κ1) is 33.0. The number of aromatic amines is 1. The number of aromatic nitrogens is 2. The lowest BCUT2D eigenvalue weighted by Crippen LogP contribution is -2.61. The van der Waals surface area contributed by atoms with E-state index in [9.17, 15) is 30.0 Å². The Hall–Kier alpha value is -4.54. The zero-order chi connectivity index (χ0) is 34.4. The normalized spacial score (nSPS) is 25.5. The fourth-order valence-corrected chi connectivity index (χ4v) is 7.22. The second-order valence-electron chi connectivity index (χ2n) is 12.6. The lowest BCUT2D eigenvalue weighted by atomic mass is 9.99. The van der Waals surface area contributed by atoms with E-state index in [1.165, 1.54) is 12.3 Å². The van der Waals surface area contributed by atoms with E-state index >= 15 is 4.39 Å². The van der Waals surface area contributed by atoms with E-state index in [-0.39, 0.29) is 22.6 Å². The maximum absolute atomic E-state index is 15.3. The summed E-state index contributed by atoms with van der Waals surface area (Å²) in [5, 5.41) is 41.4. The van der Waals surface area contributed by atoms with Crippen molar-refractivity contribution in [1.82, 2.24) is 14.9 Å². The number of halogens is 1. The van der Waals surface area contributed by atoms with Gasteiger partial charge in [-0.3, -0.25) is 14.7 Å². The van der Waals surface area contributed by atoms with Crippen LogP contribution in [0.3, 0.4) is 0 Å². The largest absolute Gasteiger partial charge is 0.497 e. The summed E-state index contributed by atoms with van der Waals surface area (Å²) in [4.78, 5) is 38.7. The van der Waals surface area contributed by atoms with E-state index in [1.807, 2.05) is 11.0 Å². The standard InChI is InChI=1S/C34H38FN5O9/c1-47-19-15-21-24(41)4-8-37-26(21)23(16-19)39-13-11-38(12-14-39)18-5-9-40(10-6-18)28-25(17-22(35)20-3-2-7-36-27(20)28)48-34-31(44)29(42)30(43)32(49-34)33(45)46/h2-4,7-8,15-18,29-32,34,42-44H,5-6,9-14H2,1H3,(H,37,41)(H,45,46). The number of benzene rings is 2. The Bertz CT molecular complexity index is 1910. The summed E-state index contributed by atoms with van der Waals surface area (Å²) in [7, 11) is 1.59. The summed E-state index contributed by atoms with van der Waals surface area (Å²) in [6, 6.07) is 9.86. The van der Waals surface area contributed by atoms with Gasteiger partial charge in [0.25, 0.3) is 0 Å². The molecule has 3 saturated heterocycles. The topological polar surface area (TPSA) is 181 Å². The van der Waals surface area contributed by atoms with Crippen LogP contribution in [0.1, 0.15) is 12.8 Å². The second kappa shape index (κ2) is 13.4. The van der Waals surface area contributed by atoms with Crippen LogP contribution < -0.4 is 24.7 Å². The van der Waals surface area contributed by atoms with Gasteiger partial charge in [0.2, 0.25) is 6.29 Å². The number of carboxylic acid groups (broad SMARTS) is 1. The van der Waals surface area contributed by atoms with E-state index in [0.29, 0.717) is 35.4 Å². The number of nitrogens with one attached hydrogen (secondary N) is 1. The van der Waals surface area contributed by atoms with Crippen LogP contribution >= 0.6 is 0 Å². The second-order valence-corrected chi connectivity index (χ2v) is 12.6. The lowest BCUT2D eigenvalue weighted by molar-refractivity contribution is -0.271. The number of nitrogens with zero attached hydrogens (tertiary/aromatic N) is 4. The number of hydrogen-bond donors (Lipinski definition) is 5. The van der Waals surface area contributed by atoms with Crippen molar-refractivity contribution in [3.05, 3.63) is 64.8 Å². The minimum Gasteiger partial charge on any atom is -0.497 e. The average molecular weight is 680 g/mol. The molecule has 0 saturated carbocycles. The minimum absolute atomic E-state index is 0.0314. The molecule has 0 bridgehead atoms. The van der Waals surface area contributed by atoms with Crippen LogP contribution in [0.4, 0.5) is 15.8 Å². The number of piperidine rings is 1. The van der Waals surface area contributed by atoms with Gasteiger partial charge in [0.05, 0.1) is 23.7 Å². The van der Waals surface area contributed by atoms with Gasteiger partial charge in [0, 0.05) is 81.3 Å². The Labute approximate surface area is 279 Å². The molecular formula is C34H38FN5O9. The van der Waals surface area contributed by atoms with Gasteiger partial charge >= 0.3 is 5.97 Å². The Kier molecular flexibility index (Phi) is 9.02. The number of piperazine rings is 1. The highest BCUT2D eigenvalue weighted by Crippen LogP contribution is 2.40. The zero-order valence-corrected chi connectivity index (χ0v) is 26.7. The molecule has 3 fully saturated rings. The van der Waals surface area contributed by atoms with Crippen LogP contribution in [-0.2, 0) is 9.53 Å². The zero-order valence-electron chi connectivity index (χ0n) is 26.7. The SMILES string of the molecule is COc1cc(N2CCN(C3CCN(c4c(OC5OC(C(=O)O)C(O)C(O)C5O)cc(F)c5cccnc45)CC3)CC2)c2[nH]ccc(=O)c2c1. The molecule has 15 heteroatoms. The van der Waals surface area contributed by atoms with Crippen LogP contribution in [0.2, 0.25) is 0 Å². The highest BCUT2D eigenvalue weighted by Gasteiger charge is 2.48. The molecule has 5 N–H and O–H groups in total. The number of pyridine rings is 2. The first-order chi connectivity index (χ1) is 23.6. The van der Waals surface area contributed by atoms with Gasteiger partial charge in [-0.2, -0.15) is 0 Å². The maximum atomic E-state index is 15.3. The lowest BCUT2D eigenvalue weighted by Gasteiger charge is -2.44. The molecule has 3 aliphatic heterocycles. The summed E-state index contributed by atoms with van der Waals surface area (Å²) >= 11 is 0. The van der Waals surface area contributed by atoms with Crippen molar-refractivity contribution in [2.45, 2.75) is 49.6 Å². The number of hydrogen-bond acceptors (Lipinski definition) is 12. The number of fused-ring (bicyclic) bond motifs is 2. The van der Waals surface area contributed by atoms with Crippen molar-refractivity contribution >= 4 is 39.1 Å². The van der Waals surface area contributed by atoms with Crippen LogP contribution in [0.5, 0.6) is 11.5 Å². The molecule has 5 atom stereocenters. The third kappa shape index (κ3) is 6.12. The van der Waals surface area contributed by atoms with Gasteiger partial charge in [0.15, 0.2) is 17.3 Å². The summed E-state index contributed by atoms with van der Waals surface area (Å²) in [6.45, 7) is 4.29. The molecule has 0 aliphatic carbocycles. The maximum Gasteiger partial charge on any atom is 0.335 e. The number of H-pyrrole nitrogens is 1. The molecule has 5 unspecified atom stereocenters. The van der Waals surface area contributed by atoms with Gasteiger partial charge in [-0.1, -0.05) is 0 Å². The van der Waals surface area contributed by atoms with E-state index in [2.05, 4.69) is 19.8 Å². The smallest absolute Gasteiger partial charge is 0.335 e. The molecule has 7 rings (SSSR count). The third-order valence-corrected chi connectivity index (χ3v) is 9.84. The van der Waals surface area contributed by atoms with E-state index in [4.69, 9.17) is 14.2 Å². The number of rotatable bonds is 7. The van der Waals surface area contributed by atoms with Crippen molar-refractivity contribution in [3.63, 3.8) is 0 Å². The molecule has 4 aromatic rings. The van der Waals surface area contributed by atoms with Gasteiger partial charge in [0.1, 0.15) is 41.1 Å². The van der Waals surface area contributed by atoms with E-state index in [0.717, 1.165) is 56.3 Å². The van der Waals surface area contributed by atoms with E-state index < -0.39 is 42.5 Å². The summed E-state index contributed by atoms with van der Waals surface area (Å²) in [5.41, 5.74) is 2.42. The molecule has 2 aromatic carbocycles. The highest BCUT2D eigenvalue weighted by atomic mass is 19.1. The molecule has 2 aromatic heterocycles. The van der Waals surface area contributed by atoms with Gasteiger partial charge < -0.3 is 49.4 Å². The van der Waals surface area contributed by atoms with Gasteiger partial charge in [-0.25, -0.2) is 9.18 Å². The number of aliphatic hydroxyl groups is 3. The molecule has 260 valence electrons. The van der Waals surface area contributed by atoms with Crippen molar-refractivity contribution in [2.75, 3.05) is 56.2 Å². The predicted octanol–water partition coefficient (Wildman–Crippen LogP) is 1.29. The first-order valence-electron chi connectivity index (χ1n) is 16.2. The summed E-state index contributed by atoms with van der Waals surface area (Å²) < 4.78 is 32.1. The van der Waals surface area contributed by atoms with Crippen LogP contribution in [0, 0.1) is 5.82 Å². The predicted molar refractivity (Wildman–Crippen MR) is 177 cm³/mol. The number of aliphatic carboxylic acids is 1. The van der Waals surface area contributed by atoms with Crippen LogP contribution in [-0.4, -0.2) is 124 Å². The Balaban J connectivity index is 1.08. The monoisotopic (exact) mass is 679 g/mol. The van der Waals surface area contributed by atoms with E-state index in [1.54, 1.807) is 31.5 Å². The Morgan fingerprint density at radius 3 is 2.45 bits per heavy atom. The fraction of sp³-hybridized carbons (Fsp3) is 0.441. The fourth-order valence-electron chi connectivity index (χ4n) is 7.22. The number of carboxylic acids is 1. The Morgan fingerprint density at radius 1 is 0.980 bits per heavy atom. The molecule has 14 nitrogen and oxygen atoms in total. The number of carbonyl (C=O) groups is 1. The number of methoxy groups -OCH3 is 1. The molecule has 0 radical (unpaired) electrons. The molecule has 0 amide bonds. The third-order valence-electron chi connectivity index (χ3n) is 9.84. The van der Waals surface area contributed by atoms with Gasteiger partial charge in [-0.05, 0) is 31.0 Å². The molecule has 5 heterocycles. The van der Waals surface area contributed by atoms with Crippen molar-refractivity contribution in [2.24, 2.45) is 0 Å². The number of aliphatic hydroxyl groups excluding tert-OH is 3. The van der Waals surface area contributed by atoms with Crippen molar-refractivity contribution in [1.29, 1.82) is 0 Å². The first-order valence-corrected chi connectivity index (χ1v) is 16.2. The molecular weight excluding hydrogens is 641 g/mol. The van der Waals surface area contributed by atoms with Gasteiger partial charge in [-0.15, -0.1) is 0 Å². The summed E-state index contributed by atoms with van der Waals surface area (Å²) in [5.74, 6) is -1.59. The molecule has 49 heavy (non-hydrogen) atoms. The molecule has 3 aliphatic rings.